The van der Waals surface area contributed by atoms with E-state index in [0.717, 1.165) is 160 Å². The maximum atomic E-state index is 6.50. The Morgan fingerprint density at radius 3 is 0.872 bits per heavy atom. The van der Waals surface area contributed by atoms with Crippen LogP contribution in [0.4, 0.5) is 0 Å². The van der Waals surface area contributed by atoms with Crippen molar-refractivity contribution in [3.8, 4) is 50.4 Å². The van der Waals surface area contributed by atoms with Crippen LogP contribution in [-0.2, 0) is 0 Å². The van der Waals surface area contributed by atoms with Gasteiger partial charge in [-0.1, -0.05) is 237 Å². The van der Waals surface area contributed by atoms with E-state index >= 15 is 0 Å². The molecule has 117 heavy (non-hydrogen) atoms. The first kappa shape index (κ1) is 65.2. The third kappa shape index (κ3) is 10.1. The van der Waals surface area contributed by atoms with Crippen molar-refractivity contribution in [2.75, 3.05) is 0 Å². The molecule has 0 unspecified atom stereocenters. The van der Waals surface area contributed by atoms with Gasteiger partial charge >= 0.3 is 0 Å². The molecule has 9 heterocycles. The molecule has 0 aliphatic heterocycles. The lowest BCUT2D eigenvalue weighted by Gasteiger charge is -2.10. The second kappa shape index (κ2) is 25.5. The Hall–Kier alpha value is -15.4. The molecular formula is C108H63N3O5S. The van der Waals surface area contributed by atoms with Gasteiger partial charge in [0.15, 0.2) is 16.7 Å². The van der Waals surface area contributed by atoms with E-state index in [-0.39, 0.29) is 0 Å². The van der Waals surface area contributed by atoms with Crippen molar-refractivity contribution in [2.45, 2.75) is 0 Å². The number of para-hydroxylation sites is 8. The molecule has 0 saturated heterocycles. The quantitative estimate of drug-likeness (QED) is 0.166. The van der Waals surface area contributed by atoms with Crippen LogP contribution in [0.15, 0.2) is 404 Å². The van der Waals surface area contributed by atoms with Gasteiger partial charge in [-0.15, -0.1) is 11.3 Å². The van der Waals surface area contributed by atoms with Crippen LogP contribution in [0.5, 0.6) is 0 Å². The van der Waals surface area contributed by atoms with Crippen molar-refractivity contribution in [2.24, 2.45) is 0 Å². The summed E-state index contributed by atoms with van der Waals surface area (Å²) in [5.74, 6) is 0. The third-order valence-electron chi connectivity index (χ3n) is 24.0. The van der Waals surface area contributed by atoms with Crippen LogP contribution in [0.1, 0.15) is 0 Å². The van der Waals surface area contributed by atoms with Crippen LogP contribution < -0.4 is 0 Å². The highest BCUT2D eigenvalue weighted by Crippen LogP contribution is 2.47. The van der Waals surface area contributed by atoms with Gasteiger partial charge in [0, 0.05) is 123 Å². The van der Waals surface area contributed by atoms with E-state index in [0.29, 0.717) is 0 Å². The number of fused-ring (bicyclic) bond motifs is 30. The van der Waals surface area contributed by atoms with Crippen LogP contribution in [0.25, 0.3) is 246 Å². The molecule has 0 spiro atoms. The molecule has 546 valence electrons. The number of nitrogens with zero attached hydrogens (tertiary/aromatic N) is 3. The molecule has 9 heteroatoms. The molecule has 0 aliphatic rings. The maximum absolute atomic E-state index is 6.50. The van der Waals surface area contributed by atoms with Crippen LogP contribution in [-0.4, -0.2) is 13.7 Å². The Balaban J connectivity index is 0.0000000980. The number of rotatable bonds is 6. The van der Waals surface area contributed by atoms with Gasteiger partial charge < -0.3 is 35.8 Å². The number of aromatic nitrogens is 3. The molecule has 0 bridgehead atoms. The molecule has 0 fully saturated rings. The second-order valence-corrected chi connectivity index (χ2v) is 31.5. The van der Waals surface area contributed by atoms with Gasteiger partial charge in [0.05, 0.1) is 33.1 Å². The first-order chi connectivity index (χ1) is 58.0. The van der Waals surface area contributed by atoms with Crippen molar-refractivity contribution in [1.82, 2.24) is 13.7 Å². The van der Waals surface area contributed by atoms with Crippen LogP contribution in [0.3, 0.4) is 0 Å². The van der Waals surface area contributed by atoms with E-state index in [4.69, 9.17) is 22.1 Å². The van der Waals surface area contributed by atoms with Crippen molar-refractivity contribution < 1.29 is 22.1 Å². The minimum atomic E-state index is 0.910. The predicted molar refractivity (Wildman–Crippen MR) is 488 cm³/mol. The van der Waals surface area contributed by atoms with Gasteiger partial charge in [-0.3, -0.25) is 0 Å². The predicted octanol–water partition coefficient (Wildman–Crippen LogP) is 31.2. The third-order valence-corrected chi connectivity index (χ3v) is 25.2. The molecule has 0 N–H and O–H groups in total. The summed E-state index contributed by atoms with van der Waals surface area (Å²) in [5.41, 5.74) is 26.4. The fourth-order valence-corrected chi connectivity index (χ4v) is 19.7. The molecule has 27 aromatic rings. The summed E-state index contributed by atoms with van der Waals surface area (Å²) in [6.07, 6.45) is 0. The zero-order valence-corrected chi connectivity index (χ0v) is 63.5. The van der Waals surface area contributed by atoms with Crippen LogP contribution in [0, 0.1) is 0 Å². The summed E-state index contributed by atoms with van der Waals surface area (Å²) < 4.78 is 41.4. The molecule has 0 saturated carbocycles. The number of thiophene rings is 1. The van der Waals surface area contributed by atoms with Gasteiger partial charge in [0.1, 0.15) is 39.1 Å². The van der Waals surface area contributed by atoms with Crippen molar-refractivity contribution in [1.29, 1.82) is 0 Å². The lowest BCUT2D eigenvalue weighted by atomic mass is 10.0. The van der Waals surface area contributed by atoms with Gasteiger partial charge in [-0.2, -0.15) is 0 Å². The molecular weight excluding hydrogens is 1450 g/mol. The van der Waals surface area contributed by atoms with E-state index in [1.807, 2.05) is 65.9 Å². The molecule has 18 aromatic carbocycles. The molecule has 0 amide bonds. The highest BCUT2D eigenvalue weighted by atomic mass is 32.1. The van der Waals surface area contributed by atoms with Crippen molar-refractivity contribution in [3.63, 3.8) is 0 Å². The largest absolute Gasteiger partial charge is 0.456 e. The molecule has 8 nitrogen and oxygen atoms in total. The summed E-state index contributed by atoms with van der Waals surface area (Å²) in [7, 11) is 0. The minimum absolute atomic E-state index is 0.910. The first-order valence-electron chi connectivity index (χ1n) is 39.6. The number of hydrogen-bond acceptors (Lipinski definition) is 6. The summed E-state index contributed by atoms with van der Waals surface area (Å²) in [4.78, 5) is 0. The Labute approximate surface area is 670 Å². The highest BCUT2D eigenvalue weighted by molar-refractivity contribution is 7.25. The maximum Gasteiger partial charge on any atom is 0.160 e. The van der Waals surface area contributed by atoms with Gasteiger partial charge in [0.2, 0.25) is 0 Å². The fraction of sp³-hybridized carbons (Fsp3) is 0. The van der Waals surface area contributed by atoms with E-state index < -0.39 is 0 Å². The van der Waals surface area contributed by atoms with E-state index in [2.05, 4.69) is 341 Å². The summed E-state index contributed by atoms with van der Waals surface area (Å²) >= 11 is 1.86. The summed E-state index contributed by atoms with van der Waals surface area (Å²) in [6, 6.07) is 135. The SMILES string of the molecule is c1ccc2c(c1)oc1c2ccc2c3ccccc3n(-c3ccc(-c4ccc5sc6ccccc6c5c4)cc3)c21.c1ccc2c(c1)oc1cc(-c3ccc(-n4c5ccccc5c5ccc6c7ccccc7oc6c54)cc3)ccc12.c1ccc2c(c1)oc1ccc(-c3ccc(-n4c5ccccc5c5ccc6c7ccccc7oc6c54)cc3)cc12. The van der Waals surface area contributed by atoms with E-state index in [9.17, 15) is 0 Å². The average Bonchev–Trinajstić information content (AvgIpc) is 1.57. The normalized spacial score (nSPS) is 12.1. The number of benzene rings is 18. The smallest absolute Gasteiger partial charge is 0.160 e. The zero-order chi connectivity index (χ0) is 76.5. The topological polar surface area (TPSA) is 80.5 Å². The van der Waals surface area contributed by atoms with Gasteiger partial charge in [0.25, 0.3) is 0 Å². The molecule has 0 atom stereocenters. The monoisotopic (exact) mass is 1510 g/mol. The van der Waals surface area contributed by atoms with Gasteiger partial charge in [-0.25, -0.2) is 0 Å². The van der Waals surface area contributed by atoms with Crippen molar-refractivity contribution >= 4 is 207 Å². The number of hydrogen-bond donors (Lipinski definition) is 0. The Kier molecular flexibility index (Phi) is 14.2. The summed E-state index contributed by atoms with van der Waals surface area (Å²) in [5, 5.41) is 21.3. The zero-order valence-electron chi connectivity index (χ0n) is 62.7. The Morgan fingerprint density at radius 2 is 0.436 bits per heavy atom. The lowest BCUT2D eigenvalue weighted by Crippen LogP contribution is -1.94. The van der Waals surface area contributed by atoms with Crippen molar-refractivity contribution in [3.05, 3.63) is 382 Å². The van der Waals surface area contributed by atoms with E-state index in [1.165, 1.54) is 85.8 Å². The minimum Gasteiger partial charge on any atom is -0.456 e. The molecule has 27 rings (SSSR count). The van der Waals surface area contributed by atoms with Crippen LogP contribution in [0.2, 0.25) is 0 Å². The molecule has 0 aliphatic carbocycles. The van der Waals surface area contributed by atoms with Crippen LogP contribution >= 0.6 is 11.3 Å². The standard InChI is InChI=1S/2C36H21NO2.C36H21NOS/c1-4-10-31-25(7-1)28-18-19-29-26-8-2-6-12-33(26)39-36(29)35(28)37(31)24-16-13-22(14-17-24)23-15-20-34-30(21-23)27-9-3-5-11-32(27)38-34;1-4-10-31-25(7-1)29-19-20-30-27-9-3-6-12-33(27)39-36(30)35(29)37(31)24-16-13-22(14-17-24)23-15-18-28-26-8-2-5-11-32(26)38-34(28)21-23;1-4-10-31-25(7-1)28-18-19-29-26-8-2-5-11-32(26)38-36(29)35(28)37(31)24-16-13-22(14-17-24)23-15-20-34-30(21-23)27-9-3-6-12-33(27)39-34/h3*1-21H. The molecule has 0 radical (unpaired) electrons. The Bertz CT molecular complexity index is 8420. The molecule has 9 aromatic heterocycles. The Morgan fingerprint density at radius 1 is 0.162 bits per heavy atom. The number of furan rings is 5. The fourth-order valence-electron chi connectivity index (χ4n) is 18.6. The van der Waals surface area contributed by atoms with Gasteiger partial charge in [-0.05, 0) is 179 Å². The average molecular weight is 1510 g/mol. The lowest BCUT2D eigenvalue weighted by molar-refractivity contribution is 0.668. The second-order valence-electron chi connectivity index (χ2n) is 30.4. The first-order valence-corrected chi connectivity index (χ1v) is 40.4. The highest BCUT2D eigenvalue weighted by Gasteiger charge is 2.24. The van der Waals surface area contributed by atoms with E-state index in [1.54, 1.807) is 0 Å². The summed E-state index contributed by atoms with van der Waals surface area (Å²) in [6.45, 7) is 0.